The molecule has 2 aromatic rings. The van der Waals surface area contributed by atoms with E-state index in [0.29, 0.717) is 30.0 Å². The highest BCUT2D eigenvalue weighted by atomic mass is 32.2. The molecule has 1 amide bonds. The first kappa shape index (κ1) is 18.6. The Hall–Kier alpha value is -2.19. The zero-order valence-electron chi connectivity index (χ0n) is 15.6. The van der Waals surface area contributed by atoms with Crippen LogP contribution < -0.4 is 0 Å². The third kappa shape index (κ3) is 3.14. The average molecular weight is 376 g/mol. The van der Waals surface area contributed by atoms with E-state index < -0.39 is 10.0 Å². The van der Waals surface area contributed by atoms with Crippen LogP contribution in [0.5, 0.6) is 0 Å². The van der Waals surface area contributed by atoms with Crippen LogP contribution in [-0.2, 0) is 17.1 Å². The summed E-state index contributed by atoms with van der Waals surface area (Å²) < 4.78 is 29.1. The van der Waals surface area contributed by atoms with Crippen LogP contribution in [0.4, 0.5) is 0 Å². The number of amides is 1. The third-order valence-electron chi connectivity index (χ3n) is 4.94. The van der Waals surface area contributed by atoms with Crippen molar-refractivity contribution in [3.63, 3.8) is 0 Å². The average Bonchev–Trinajstić information content (AvgIpc) is 2.87. The fourth-order valence-electron chi connectivity index (χ4n) is 3.37. The van der Waals surface area contributed by atoms with Gasteiger partial charge in [0.15, 0.2) is 0 Å². The van der Waals surface area contributed by atoms with Gasteiger partial charge in [0.2, 0.25) is 10.0 Å². The van der Waals surface area contributed by atoms with E-state index in [1.54, 1.807) is 30.5 Å². The lowest BCUT2D eigenvalue weighted by atomic mass is 10.1. The minimum absolute atomic E-state index is 0.0473. The maximum Gasteiger partial charge on any atom is 0.254 e. The number of carbonyl (C=O) groups excluding carboxylic acids is 1. The molecule has 2 heterocycles. The molecule has 0 atom stereocenters. The predicted octanol–water partition coefficient (Wildman–Crippen LogP) is 1.49. The number of nitrogens with zero attached hydrogens (tertiary/aromatic N) is 4. The van der Waals surface area contributed by atoms with Gasteiger partial charge in [-0.05, 0) is 32.4 Å². The Labute approximate surface area is 154 Å². The van der Waals surface area contributed by atoms with Crippen LogP contribution in [0, 0.1) is 20.8 Å². The number of hydrogen-bond donors (Lipinski definition) is 0. The monoisotopic (exact) mass is 376 g/mol. The van der Waals surface area contributed by atoms with Gasteiger partial charge in [-0.15, -0.1) is 0 Å². The summed E-state index contributed by atoms with van der Waals surface area (Å²) in [5.74, 6) is -0.0473. The summed E-state index contributed by atoms with van der Waals surface area (Å²) in [4.78, 5) is 14.7. The van der Waals surface area contributed by atoms with E-state index in [1.165, 1.54) is 4.31 Å². The molecule has 26 heavy (non-hydrogen) atoms. The number of aromatic nitrogens is 2. The molecule has 140 valence electrons. The zero-order valence-corrected chi connectivity index (χ0v) is 16.4. The van der Waals surface area contributed by atoms with Crippen molar-refractivity contribution in [2.75, 3.05) is 26.2 Å². The largest absolute Gasteiger partial charge is 0.336 e. The van der Waals surface area contributed by atoms with Gasteiger partial charge in [-0.1, -0.05) is 18.2 Å². The lowest BCUT2D eigenvalue weighted by Crippen LogP contribution is -2.50. The maximum absolute atomic E-state index is 13.0. The van der Waals surface area contributed by atoms with Gasteiger partial charge in [0.1, 0.15) is 4.90 Å². The highest BCUT2D eigenvalue weighted by Crippen LogP contribution is 2.24. The number of carbonyl (C=O) groups is 1. The van der Waals surface area contributed by atoms with Crippen molar-refractivity contribution >= 4 is 15.9 Å². The van der Waals surface area contributed by atoms with Gasteiger partial charge in [0.05, 0.1) is 11.4 Å². The highest BCUT2D eigenvalue weighted by Gasteiger charge is 2.34. The van der Waals surface area contributed by atoms with Crippen LogP contribution in [0.25, 0.3) is 0 Å². The number of sulfonamides is 1. The number of aryl methyl sites for hydroxylation is 3. The van der Waals surface area contributed by atoms with Gasteiger partial charge in [-0.25, -0.2) is 8.42 Å². The Morgan fingerprint density at radius 2 is 1.65 bits per heavy atom. The topological polar surface area (TPSA) is 75.5 Å². The second kappa shape index (κ2) is 6.85. The van der Waals surface area contributed by atoms with E-state index in [4.69, 9.17) is 0 Å². The summed E-state index contributed by atoms with van der Waals surface area (Å²) in [5.41, 5.74) is 2.72. The molecule has 7 nitrogen and oxygen atoms in total. The molecule has 0 N–H and O–H groups in total. The molecule has 3 rings (SSSR count). The molecule has 0 unspecified atom stereocenters. The third-order valence-corrected chi connectivity index (χ3v) is 7.09. The van der Waals surface area contributed by atoms with E-state index in [9.17, 15) is 13.2 Å². The SMILES string of the molecule is Cc1ccccc1C(=O)N1CCN(S(=O)(=O)c2c(C)nn(C)c2C)CC1. The molecular weight excluding hydrogens is 352 g/mol. The minimum atomic E-state index is -3.61. The van der Waals surface area contributed by atoms with Crippen LogP contribution in [0.1, 0.15) is 27.3 Å². The smallest absolute Gasteiger partial charge is 0.254 e. The quantitative estimate of drug-likeness (QED) is 0.813. The molecule has 0 radical (unpaired) electrons. The van der Waals surface area contributed by atoms with Gasteiger partial charge >= 0.3 is 0 Å². The molecule has 1 fully saturated rings. The van der Waals surface area contributed by atoms with Gasteiger partial charge in [0, 0.05) is 38.8 Å². The summed E-state index contributed by atoms with van der Waals surface area (Å²) in [5, 5.41) is 4.21. The van der Waals surface area contributed by atoms with Crippen molar-refractivity contribution in [3.05, 3.63) is 46.8 Å². The summed E-state index contributed by atoms with van der Waals surface area (Å²) >= 11 is 0. The summed E-state index contributed by atoms with van der Waals surface area (Å²) in [6.07, 6.45) is 0. The zero-order chi connectivity index (χ0) is 19.1. The first-order chi connectivity index (χ1) is 12.2. The Morgan fingerprint density at radius 3 is 2.19 bits per heavy atom. The van der Waals surface area contributed by atoms with Crippen LogP contribution in [0.15, 0.2) is 29.2 Å². The number of rotatable bonds is 3. The number of piperazine rings is 1. The Kier molecular flexibility index (Phi) is 4.90. The molecule has 1 aromatic heterocycles. The normalized spacial score (nSPS) is 16.1. The number of benzene rings is 1. The molecule has 1 aliphatic heterocycles. The van der Waals surface area contributed by atoms with E-state index >= 15 is 0 Å². The van der Waals surface area contributed by atoms with Crippen molar-refractivity contribution in [2.45, 2.75) is 25.7 Å². The molecule has 1 aliphatic rings. The van der Waals surface area contributed by atoms with Crippen LogP contribution in [0.3, 0.4) is 0 Å². The van der Waals surface area contributed by atoms with Crippen molar-refractivity contribution < 1.29 is 13.2 Å². The van der Waals surface area contributed by atoms with Crippen molar-refractivity contribution in [1.82, 2.24) is 19.0 Å². The van der Waals surface area contributed by atoms with E-state index in [1.807, 2.05) is 31.2 Å². The van der Waals surface area contributed by atoms with E-state index in [-0.39, 0.29) is 23.9 Å². The molecule has 8 heteroatoms. The van der Waals surface area contributed by atoms with Gasteiger partial charge in [-0.2, -0.15) is 9.40 Å². The van der Waals surface area contributed by atoms with Gasteiger partial charge in [-0.3, -0.25) is 9.48 Å². The molecule has 1 saturated heterocycles. The lowest BCUT2D eigenvalue weighted by molar-refractivity contribution is 0.0697. The van der Waals surface area contributed by atoms with E-state index in [0.717, 1.165) is 5.56 Å². The van der Waals surface area contributed by atoms with Crippen molar-refractivity contribution in [1.29, 1.82) is 0 Å². The van der Waals surface area contributed by atoms with Gasteiger partial charge < -0.3 is 4.90 Å². The number of hydrogen-bond acceptors (Lipinski definition) is 4. The van der Waals surface area contributed by atoms with Crippen LogP contribution >= 0.6 is 0 Å². The summed E-state index contributed by atoms with van der Waals surface area (Å²) in [6.45, 7) is 6.70. The molecule has 0 saturated carbocycles. The minimum Gasteiger partial charge on any atom is -0.336 e. The van der Waals surface area contributed by atoms with Crippen molar-refractivity contribution in [2.24, 2.45) is 7.05 Å². The second-order valence-corrected chi connectivity index (χ2v) is 8.51. The first-order valence-electron chi connectivity index (χ1n) is 8.58. The fraction of sp³-hybridized carbons (Fsp3) is 0.444. The molecule has 1 aromatic carbocycles. The lowest BCUT2D eigenvalue weighted by Gasteiger charge is -2.34. The predicted molar refractivity (Wildman–Crippen MR) is 98.5 cm³/mol. The fourth-order valence-corrected chi connectivity index (χ4v) is 5.19. The Morgan fingerprint density at radius 1 is 1.04 bits per heavy atom. The maximum atomic E-state index is 13.0. The Balaban J connectivity index is 1.76. The molecular formula is C18H24N4O3S. The van der Waals surface area contributed by atoms with Crippen LogP contribution in [0.2, 0.25) is 0 Å². The standard InChI is InChI=1S/C18H24N4O3S/c1-13-7-5-6-8-16(13)18(23)21-9-11-22(12-10-21)26(24,25)17-14(2)19-20(4)15(17)3/h5-8H,9-12H2,1-4H3. The Bertz CT molecular complexity index is 941. The molecule has 0 bridgehead atoms. The summed E-state index contributed by atoms with van der Waals surface area (Å²) in [6, 6.07) is 7.45. The molecule has 0 aliphatic carbocycles. The highest BCUT2D eigenvalue weighted by molar-refractivity contribution is 7.89. The molecule has 0 spiro atoms. The van der Waals surface area contributed by atoms with Crippen LogP contribution in [-0.4, -0.2) is 59.5 Å². The summed E-state index contributed by atoms with van der Waals surface area (Å²) in [7, 11) is -1.88. The van der Waals surface area contributed by atoms with Gasteiger partial charge in [0.25, 0.3) is 5.91 Å². The van der Waals surface area contributed by atoms with Crippen molar-refractivity contribution in [3.8, 4) is 0 Å². The second-order valence-electron chi connectivity index (χ2n) is 6.63. The van der Waals surface area contributed by atoms with E-state index in [2.05, 4.69) is 5.10 Å². The first-order valence-corrected chi connectivity index (χ1v) is 10.0.